The van der Waals surface area contributed by atoms with Crippen LogP contribution in [0.4, 0.5) is 13.2 Å². The van der Waals surface area contributed by atoms with E-state index in [-0.39, 0.29) is 35.9 Å². The van der Waals surface area contributed by atoms with Crippen LogP contribution in [-0.4, -0.2) is 62.1 Å². The Bertz CT molecular complexity index is 2200. The minimum atomic E-state index is -1.00. The van der Waals surface area contributed by atoms with Gasteiger partial charge < -0.3 is 10.2 Å². The van der Waals surface area contributed by atoms with Crippen molar-refractivity contribution in [2.24, 2.45) is 7.05 Å². The fraction of sp³-hybridized carbons (Fsp3) is 0.308. The molecule has 0 bridgehead atoms. The average molecular weight is 697 g/mol. The summed E-state index contributed by atoms with van der Waals surface area (Å²) in [5.41, 5.74) is 2.80. The highest BCUT2D eigenvalue weighted by Crippen LogP contribution is 2.19. The number of likely N-dealkylation sites (tertiary alicyclic amines) is 1. The summed E-state index contributed by atoms with van der Waals surface area (Å²) in [5.74, 6) is -2.73. The number of aromatic nitrogens is 4. The van der Waals surface area contributed by atoms with Gasteiger partial charge in [0.25, 0.3) is 11.5 Å². The van der Waals surface area contributed by atoms with Crippen LogP contribution >= 0.6 is 0 Å². The first-order chi connectivity index (χ1) is 24.5. The fourth-order valence-electron chi connectivity index (χ4n) is 6.36. The van der Waals surface area contributed by atoms with E-state index < -0.39 is 28.9 Å². The van der Waals surface area contributed by atoms with Crippen LogP contribution in [0.15, 0.2) is 71.7 Å². The van der Waals surface area contributed by atoms with Crippen molar-refractivity contribution in [2.45, 2.75) is 51.6 Å². The molecule has 2 aromatic heterocycles. The second-order valence-corrected chi connectivity index (χ2v) is 13.1. The number of nitrogens with zero attached hydrogens (tertiary/aromatic N) is 5. The number of hydrogen-bond acceptors (Lipinski definition) is 6. The lowest BCUT2D eigenvalue weighted by atomic mass is 10.0. The van der Waals surface area contributed by atoms with E-state index in [2.05, 4.69) is 20.2 Å². The molecule has 3 heterocycles. The largest absolute Gasteiger partial charge is 0.349 e. The zero-order valence-electron chi connectivity index (χ0n) is 28.8. The molecule has 9 nitrogen and oxygen atoms in total. The van der Waals surface area contributed by atoms with Gasteiger partial charge in [-0.3, -0.25) is 19.1 Å². The minimum Gasteiger partial charge on any atom is -0.349 e. The van der Waals surface area contributed by atoms with Crippen LogP contribution in [0, 0.1) is 24.4 Å². The first-order valence-electron chi connectivity index (χ1n) is 16.9. The van der Waals surface area contributed by atoms with Gasteiger partial charge in [0.05, 0.1) is 17.6 Å². The van der Waals surface area contributed by atoms with E-state index in [1.54, 1.807) is 30.9 Å². The maximum absolute atomic E-state index is 15.0. The molecule has 1 aliphatic rings. The van der Waals surface area contributed by atoms with Crippen LogP contribution in [0.5, 0.6) is 0 Å². The molecule has 264 valence electrons. The van der Waals surface area contributed by atoms with Gasteiger partial charge in [-0.15, -0.1) is 0 Å². The van der Waals surface area contributed by atoms with Crippen molar-refractivity contribution in [2.75, 3.05) is 20.1 Å². The van der Waals surface area contributed by atoms with Crippen LogP contribution in [0.2, 0.25) is 0 Å². The summed E-state index contributed by atoms with van der Waals surface area (Å²) in [5, 5.41) is 3.76. The lowest BCUT2D eigenvalue weighted by Gasteiger charge is -2.29. The topological polar surface area (TPSA) is 102 Å². The first kappa shape index (κ1) is 35.5. The molecule has 0 radical (unpaired) electrons. The molecule has 51 heavy (non-hydrogen) atoms. The quantitative estimate of drug-likeness (QED) is 0.170. The SMILES string of the molecule is Cc1c(C(=O)CC/C=C/c2ccc3nc(Cc4ccc(C(=O)NC5CCN(C)CC5)c(F)c4)ncc3c2)c(=O)n(Cc2ccc(F)c(F)c2)n1C. The number of nitrogens with one attached hydrogen (secondary N) is 1. The maximum Gasteiger partial charge on any atom is 0.278 e. The molecule has 0 saturated carbocycles. The molecular formula is C39H39F3N6O3. The summed E-state index contributed by atoms with van der Waals surface area (Å²) < 4.78 is 44.9. The Morgan fingerprint density at radius 3 is 2.43 bits per heavy atom. The van der Waals surface area contributed by atoms with Gasteiger partial charge >= 0.3 is 0 Å². The van der Waals surface area contributed by atoms with Crippen molar-refractivity contribution in [1.29, 1.82) is 0 Å². The summed E-state index contributed by atoms with van der Waals surface area (Å²) in [6.45, 7) is 3.47. The number of fused-ring (bicyclic) bond motifs is 1. The second-order valence-electron chi connectivity index (χ2n) is 13.1. The van der Waals surface area contributed by atoms with Crippen LogP contribution in [-0.2, 0) is 20.0 Å². The number of amides is 1. The second kappa shape index (κ2) is 15.3. The molecule has 6 rings (SSSR count). The van der Waals surface area contributed by atoms with Crippen LogP contribution in [0.25, 0.3) is 17.0 Å². The Morgan fingerprint density at radius 1 is 0.941 bits per heavy atom. The lowest BCUT2D eigenvalue weighted by Crippen LogP contribution is -2.43. The molecule has 3 aromatic carbocycles. The van der Waals surface area contributed by atoms with Crippen LogP contribution < -0.4 is 10.9 Å². The van der Waals surface area contributed by atoms with Gasteiger partial charge in [-0.05, 0) is 99.4 Å². The minimum absolute atomic E-state index is 0.00165. The molecule has 0 aliphatic carbocycles. The predicted molar refractivity (Wildman–Crippen MR) is 189 cm³/mol. The first-order valence-corrected chi connectivity index (χ1v) is 16.9. The van der Waals surface area contributed by atoms with Crippen molar-refractivity contribution < 1.29 is 22.8 Å². The number of piperidine rings is 1. The number of allylic oxidation sites excluding steroid dienone is 1. The predicted octanol–water partition coefficient (Wildman–Crippen LogP) is 6.00. The molecule has 0 atom stereocenters. The Labute approximate surface area is 293 Å². The zero-order valence-corrected chi connectivity index (χ0v) is 28.8. The third kappa shape index (κ3) is 8.18. The summed E-state index contributed by atoms with van der Waals surface area (Å²) in [6.07, 6.45) is 7.95. The van der Waals surface area contributed by atoms with Gasteiger partial charge in [-0.2, -0.15) is 0 Å². The molecule has 1 fully saturated rings. The molecule has 1 saturated heterocycles. The Morgan fingerprint density at radius 2 is 1.69 bits per heavy atom. The number of halogens is 3. The normalized spacial score (nSPS) is 14.1. The fourth-order valence-corrected chi connectivity index (χ4v) is 6.36. The van der Waals surface area contributed by atoms with Gasteiger partial charge in [0.15, 0.2) is 17.4 Å². The third-order valence-electron chi connectivity index (χ3n) is 9.45. The molecule has 1 aliphatic heterocycles. The van der Waals surface area contributed by atoms with Gasteiger partial charge in [0.2, 0.25) is 0 Å². The lowest BCUT2D eigenvalue weighted by molar-refractivity contribution is 0.0911. The molecular weight excluding hydrogens is 657 g/mol. The van der Waals surface area contributed by atoms with E-state index in [9.17, 15) is 27.6 Å². The zero-order chi connectivity index (χ0) is 36.2. The highest BCUT2D eigenvalue weighted by molar-refractivity contribution is 5.97. The van der Waals surface area contributed by atoms with Gasteiger partial charge in [0.1, 0.15) is 17.2 Å². The molecule has 0 spiro atoms. The summed E-state index contributed by atoms with van der Waals surface area (Å²) in [7, 11) is 3.69. The summed E-state index contributed by atoms with van der Waals surface area (Å²) in [4.78, 5) is 50.2. The van der Waals surface area contributed by atoms with Gasteiger partial charge in [-0.1, -0.05) is 30.4 Å². The Hall–Kier alpha value is -5.36. The van der Waals surface area contributed by atoms with E-state index in [0.29, 0.717) is 35.5 Å². The third-order valence-corrected chi connectivity index (χ3v) is 9.45. The van der Waals surface area contributed by atoms with Crippen molar-refractivity contribution in [3.8, 4) is 0 Å². The molecule has 0 unspecified atom stereocenters. The molecule has 1 N–H and O–H groups in total. The van der Waals surface area contributed by atoms with E-state index in [1.807, 2.05) is 37.4 Å². The molecule has 12 heteroatoms. The number of benzene rings is 3. The average Bonchev–Trinajstić information content (AvgIpc) is 3.31. The summed E-state index contributed by atoms with van der Waals surface area (Å²) >= 11 is 0. The number of Topliss-reactive ketones (excluding diaryl/α,β-unsaturated/α-hetero) is 1. The maximum atomic E-state index is 15.0. The number of rotatable bonds is 11. The number of carbonyl (C=O) groups is 2. The standard InChI is InChI=1S/C39H39F3N6O3/c1-24-37(39(51)48(47(24)3)23-27-9-12-31(40)33(42)20-27)35(49)7-5-4-6-25-10-13-34-28(18-25)22-43-36(45-34)21-26-8-11-30(32(41)19-26)38(50)44-29-14-16-46(2)17-15-29/h4,6,8-13,18-20,22,29H,5,7,14-17,21,23H2,1-3H3,(H,44,50)/b6-4+. The highest BCUT2D eigenvalue weighted by Gasteiger charge is 2.22. The van der Waals surface area contributed by atoms with Crippen molar-refractivity contribution in [1.82, 2.24) is 29.5 Å². The van der Waals surface area contributed by atoms with Crippen LogP contribution in [0.3, 0.4) is 0 Å². The van der Waals surface area contributed by atoms with E-state index >= 15 is 0 Å². The Balaban J connectivity index is 1.04. The monoisotopic (exact) mass is 696 g/mol. The summed E-state index contributed by atoms with van der Waals surface area (Å²) in [6, 6.07) is 13.8. The molecule has 1 amide bonds. The molecule has 5 aromatic rings. The highest BCUT2D eigenvalue weighted by atomic mass is 19.2. The smallest absolute Gasteiger partial charge is 0.278 e. The van der Waals surface area contributed by atoms with Gasteiger partial charge in [-0.25, -0.2) is 27.8 Å². The van der Waals surface area contributed by atoms with Crippen molar-refractivity contribution >= 4 is 28.7 Å². The number of hydrogen-bond donors (Lipinski definition) is 1. The van der Waals surface area contributed by atoms with E-state index in [0.717, 1.165) is 54.5 Å². The van der Waals surface area contributed by atoms with E-state index in [1.165, 1.54) is 22.9 Å². The number of ketones is 1. The van der Waals surface area contributed by atoms with Crippen LogP contribution in [0.1, 0.15) is 74.6 Å². The Kier molecular flexibility index (Phi) is 10.6. The van der Waals surface area contributed by atoms with Crippen molar-refractivity contribution in [3.05, 3.63) is 134 Å². The number of carbonyl (C=O) groups excluding carboxylic acids is 2. The van der Waals surface area contributed by atoms with E-state index in [4.69, 9.17) is 0 Å². The van der Waals surface area contributed by atoms with Gasteiger partial charge in [0, 0.05) is 43.2 Å². The van der Waals surface area contributed by atoms with Crippen molar-refractivity contribution in [3.63, 3.8) is 0 Å².